The first-order valence-corrected chi connectivity index (χ1v) is 18.4. The minimum absolute atomic E-state index is 0.249. The van der Waals surface area contributed by atoms with E-state index in [1.807, 2.05) is 4.72 Å². The normalized spacial score (nSPS) is 20.4. The highest BCUT2D eigenvalue weighted by Crippen LogP contribution is 2.48. The van der Waals surface area contributed by atoms with Crippen molar-refractivity contribution < 1.29 is 26.3 Å². The number of alkyl halides is 3. The lowest BCUT2D eigenvalue weighted by Gasteiger charge is -2.34. The fourth-order valence-corrected chi connectivity index (χ4v) is 9.52. The van der Waals surface area contributed by atoms with Crippen LogP contribution in [0.5, 0.6) is 0 Å². The molecule has 1 atom stereocenters. The number of ether oxygens (including phenoxy) is 1. The third-order valence-electron chi connectivity index (χ3n) is 7.51. The Labute approximate surface area is 241 Å². The molecule has 39 heavy (non-hydrogen) atoms. The molecule has 7 nitrogen and oxygen atoms in total. The van der Waals surface area contributed by atoms with Crippen molar-refractivity contribution >= 4 is 55.9 Å². The number of rotatable bonds is 6. The second kappa shape index (κ2) is 11.5. The van der Waals surface area contributed by atoms with E-state index in [1.54, 1.807) is 0 Å². The summed E-state index contributed by atoms with van der Waals surface area (Å²) >= 11 is 2.53. The van der Waals surface area contributed by atoms with Gasteiger partial charge >= 0.3 is 15.5 Å². The van der Waals surface area contributed by atoms with E-state index in [-0.39, 0.29) is 7.66 Å². The van der Waals surface area contributed by atoms with Gasteiger partial charge in [-0.3, -0.25) is 0 Å². The van der Waals surface area contributed by atoms with E-state index in [0.717, 1.165) is 61.4 Å². The monoisotopic (exact) mass is 696 g/mol. The lowest BCUT2D eigenvalue weighted by molar-refractivity contribution is -0.0451. The van der Waals surface area contributed by atoms with Crippen molar-refractivity contribution in [2.24, 2.45) is 4.99 Å². The van der Waals surface area contributed by atoms with Gasteiger partial charge in [0.1, 0.15) is 0 Å². The number of anilines is 2. The summed E-state index contributed by atoms with van der Waals surface area (Å²) in [5.41, 5.74) is 0.319. The van der Waals surface area contributed by atoms with Gasteiger partial charge in [-0.25, -0.2) is 18.1 Å². The summed E-state index contributed by atoms with van der Waals surface area (Å²) in [5, 5.41) is 1.07. The number of morpholine rings is 1. The molecule has 3 heterocycles. The van der Waals surface area contributed by atoms with Gasteiger partial charge in [0.2, 0.25) is 0 Å². The van der Waals surface area contributed by atoms with Crippen molar-refractivity contribution in [3.63, 3.8) is 0 Å². The minimum atomic E-state index is -5.35. The van der Waals surface area contributed by atoms with Crippen LogP contribution < -0.4 is 19.9 Å². The molecular weight excluding hydrogens is 664 g/mol. The van der Waals surface area contributed by atoms with Gasteiger partial charge in [0.25, 0.3) is 0 Å². The molecule has 3 aliphatic rings. The van der Waals surface area contributed by atoms with Gasteiger partial charge in [0, 0.05) is 53.0 Å². The Kier molecular flexibility index (Phi) is 8.54. The number of nitrogens with one attached hydrogen (secondary N) is 1. The van der Waals surface area contributed by atoms with E-state index in [9.17, 15) is 21.6 Å². The standard InChI is InChI=1S/C26H32F3IN4O3S2/c1-3-17-13-20(33-7-5-19(6-8-33)32-39(35,36)26(27,28)29)15-22-24(17)31-25-18(4-2)14-21(16-23(25)38(22)30)34-9-11-37-12-10-34/h13-16,19,32H,3-12H2,1-2H3. The second-order valence-corrected chi connectivity index (χ2v) is 15.6. The molecule has 0 aromatic heterocycles. The molecule has 0 spiro atoms. The number of hydrogen-bond donors (Lipinski definition) is 1. The smallest absolute Gasteiger partial charge is 0.378 e. The molecule has 214 valence electrons. The maximum atomic E-state index is 12.8. The number of halogens is 4. The maximum Gasteiger partial charge on any atom is 0.511 e. The first-order valence-electron chi connectivity index (χ1n) is 13.1. The molecule has 2 saturated heterocycles. The predicted octanol–water partition coefficient (Wildman–Crippen LogP) is 5.25. The van der Waals surface area contributed by atoms with Crippen LogP contribution in [0.15, 0.2) is 34.2 Å². The average molecular weight is 697 g/mol. The van der Waals surface area contributed by atoms with E-state index < -0.39 is 21.6 Å². The van der Waals surface area contributed by atoms with Crippen LogP contribution in [0, 0.1) is 4.51 Å². The van der Waals surface area contributed by atoms with Crippen molar-refractivity contribution in [2.45, 2.75) is 56.0 Å². The number of fused-ring (bicyclic) bond motifs is 2. The number of sulfonamides is 1. The maximum absolute atomic E-state index is 12.8. The largest absolute Gasteiger partial charge is 0.511 e. The summed E-state index contributed by atoms with van der Waals surface area (Å²) < 4.78 is 70.2. The number of hydrogen-bond acceptors (Lipinski definition) is 6. The van der Waals surface area contributed by atoms with Crippen LogP contribution in [0.3, 0.4) is 0 Å². The fraction of sp³-hybridized carbons (Fsp3) is 0.538. The molecule has 0 radical (unpaired) electrons. The Morgan fingerprint density at radius 3 is 2.21 bits per heavy atom. The van der Waals surface area contributed by atoms with Gasteiger partial charge < -0.3 is 14.5 Å². The Morgan fingerprint density at radius 2 is 1.59 bits per heavy atom. The van der Waals surface area contributed by atoms with E-state index in [2.05, 4.69) is 69.1 Å². The van der Waals surface area contributed by atoms with Gasteiger partial charge in [-0.05, 0) is 82.3 Å². The topological polar surface area (TPSA) is 74.2 Å². The minimum Gasteiger partial charge on any atom is -0.378 e. The highest BCUT2D eigenvalue weighted by atomic mass is 127. The summed E-state index contributed by atoms with van der Waals surface area (Å²) in [6.07, 6.45) is 2.30. The van der Waals surface area contributed by atoms with Gasteiger partial charge in [-0.15, -0.1) is 0 Å². The molecular formula is C26H32F3IN4O3S2. The summed E-state index contributed by atoms with van der Waals surface area (Å²) in [6.45, 7) is 8.38. The Hall–Kier alpha value is -1.42. The van der Waals surface area contributed by atoms with Crippen molar-refractivity contribution in [1.29, 1.82) is 0 Å². The lowest BCUT2D eigenvalue weighted by atomic mass is 10.0. The van der Waals surface area contributed by atoms with Crippen molar-refractivity contribution in [1.82, 2.24) is 4.72 Å². The highest BCUT2D eigenvalue weighted by Gasteiger charge is 2.47. The van der Waals surface area contributed by atoms with Crippen molar-refractivity contribution in [2.75, 3.05) is 49.2 Å². The molecule has 5 rings (SSSR count). The second-order valence-electron chi connectivity index (χ2n) is 9.91. The molecule has 13 heteroatoms. The summed E-state index contributed by atoms with van der Waals surface area (Å²) in [5.74, 6) is 0. The SMILES string of the molecule is CCc1cc(N2CCC(NS(=O)(=O)C(F)(F)F)CC2)cc2c1N=c1c(CC)cc(N3CCOCC3)cc1=S2I. The molecule has 0 saturated carbocycles. The van der Waals surface area contributed by atoms with Gasteiger partial charge in [-0.1, -0.05) is 21.5 Å². The first kappa shape index (κ1) is 29.1. The Bertz CT molecular complexity index is 1490. The lowest BCUT2D eigenvalue weighted by Crippen LogP contribution is -2.48. The van der Waals surface area contributed by atoms with Crippen LogP contribution in [-0.2, 0) is 27.6 Å². The summed E-state index contributed by atoms with van der Waals surface area (Å²) in [6, 6.07) is 8.11. The van der Waals surface area contributed by atoms with Crippen LogP contribution in [-0.4, -0.2) is 59.4 Å². The quantitative estimate of drug-likeness (QED) is 0.330. The van der Waals surface area contributed by atoms with Gasteiger partial charge in [0.15, 0.2) is 0 Å². The highest BCUT2D eigenvalue weighted by molar-refractivity contribution is 14.2. The van der Waals surface area contributed by atoms with Crippen molar-refractivity contribution in [3.8, 4) is 0 Å². The van der Waals surface area contributed by atoms with E-state index in [4.69, 9.17) is 9.73 Å². The van der Waals surface area contributed by atoms with Gasteiger partial charge in [0.05, 0.1) is 24.3 Å². The molecule has 1 unspecified atom stereocenters. The summed E-state index contributed by atoms with van der Waals surface area (Å²) in [7, 11) is -5.60. The third kappa shape index (κ3) is 5.84. The van der Waals surface area contributed by atoms with Crippen LogP contribution in [0.2, 0.25) is 0 Å². The molecule has 2 aromatic rings. The molecule has 2 fully saturated rings. The fourth-order valence-electron chi connectivity index (χ4n) is 5.32. The van der Waals surface area contributed by atoms with Crippen LogP contribution in [0.1, 0.15) is 37.8 Å². The third-order valence-corrected chi connectivity index (χ3v) is 13.0. The Morgan fingerprint density at radius 1 is 1.00 bits per heavy atom. The molecule has 0 amide bonds. The summed E-state index contributed by atoms with van der Waals surface area (Å²) in [4.78, 5) is 10.9. The molecule has 3 aliphatic heterocycles. The van der Waals surface area contributed by atoms with Crippen LogP contribution >= 0.6 is 28.9 Å². The van der Waals surface area contributed by atoms with E-state index in [1.165, 1.54) is 20.7 Å². The van der Waals surface area contributed by atoms with Crippen LogP contribution in [0.4, 0.5) is 30.2 Å². The van der Waals surface area contributed by atoms with E-state index >= 15 is 0 Å². The van der Waals surface area contributed by atoms with E-state index in [0.29, 0.717) is 25.9 Å². The number of nitrogens with zero attached hydrogens (tertiary/aromatic N) is 3. The zero-order valence-corrected chi connectivity index (χ0v) is 25.6. The number of piperidine rings is 1. The van der Waals surface area contributed by atoms with Crippen LogP contribution in [0.25, 0.3) is 0 Å². The zero-order valence-electron chi connectivity index (χ0n) is 21.9. The molecule has 0 aliphatic carbocycles. The van der Waals surface area contributed by atoms with Crippen molar-refractivity contribution in [3.05, 3.63) is 45.3 Å². The first-order chi connectivity index (χ1) is 18.5. The predicted molar refractivity (Wildman–Crippen MR) is 158 cm³/mol. The zero-order chi connectivity index (χ0) is 27.9. The average Bonchev–Trinajstić information content (AvgIpc) is 2.92. The number of aryl methyl sites for hydroxylation is 2. The molecule has 2 aromatic carbocycles. The number of benzene rings is 2. The van der Waals surface area contributed by atoms with Gasteiger partial charge in [-0.2, -0.15) is 13.2 Å². The Balaban J connectivity index is 1.47. The molecule has 1 N–H and O–H groups in total. The molecule has 0 bridgehead atoms.